The Morgan fingerprint density at radius 1 is 1.26 bits per heavy atom. The van der Waals surface area contributed by atoms with Crippen LogP contribution in [0.1, 0.15) is 56.3 Å². The molecule has 2 aliphatic heterocycles. The first-order valence-corrected chi connectivity index (χ1v) is 9.23. The van der Waals surface area contributed by atoms with Crippen LogP contribution in [-0.2, 0) is 0 Å². The summed E-state index contributed by atoms with van der Waals surface area (Å²) in [5.74, 6) is 0.670. The predicted octanol–water partition coefficient (Wildman–Crippen LogP) is 4.11. The van der Waals surface area contributed by atoms with Crippen LogP contribution in [0.5, 0.6) is 0 Å². The average molecular weight is 335 g/mol. The van der Waals surface area contributed by atoms with Crippen molar-refractivity contribution < 1.29 is 4.79 Å². The zero-order chi connectivity index (χ0) is 16.4. The number of hydrogen-bond acceptors (Lipinski definition) is 2. The maximum absolute atomic E-state index is 12.5. The van der Waals surface area contributed by atoms with Crippen molar-refractivity contribution in [1.29, 1.82) is 0 Å². The number of amides is 1. The topological polar surface area (TPSA) is 32.3 Å². The lowest BCUT2D eigenvalue weighted by Gasteiger charge is -2.49. The van der Waals surface area contributed by atoms with Crippen molar-refractivity contribution >= 4 is 17.5 Å². The van der Waals surface area contributed by atoms with E-state index in [1.165, 1.54) is 25.8 Å². The van der Waals surface area contributed by atoms with Crippen LogP contribution >= 0.6 is 11.6 Å². The van der Waals surface area contributed by atoms with Gasteiger partial charge >= 0.3 is 0 Å². The highest BCUT2D eigenvalue weighted by atomic mass is 35.5. The van der Waals surface area contributed by atoms with Crippen LogP contribution in [-0.4, -0.2) is 35.5 Å². The van der Waals surface area contributed by atoms with Gasteiger partial charge in [0, 0.05) is 24.7 Å². The second-order valence-corrected chi connectivity index (χ2v) is 7.86. The smallest absolute Gasteiger partial charge is 0.253 e. The van der Waals surface area contributed by atoms with Gasteiger partial charge in [0.1, 0.15) is 0 Å². The lowest BCUT2D eigenvalue weighted by atomic mass is 9.81. The number of fused-ring (bicyclic) bond motifs is 2. The van der Waals surface area contributed by atoms with Crippen molar-refractivity contribution in [1.82, 2.24) is 10.2 Å². The molecular formula is C19H27ClN2O. The maximum atomic E-state index is 12.5. The van der Waals surface area contributed by atoms with E-state index in [1.807, 2.05) is 12.1 Å². The number of nitrogens with one attached hydrogen (secondary N) is 1. The molecule has 3 atom stereocenters. The highest BCUT2D eigenvalue weighted by Crippen LogP contribution is 2.34. The molecule has 0 spiro atoms. The van der Waals surface area contributed by atoms with Gasteiger partial charge in [-0.15, -0.1) is 0 Å². The van der Waals surface area contributed by atoms with Gasteiger partial charge in [-0.25, -0.2) is 0 Å². The summed E-state index contributed by atoms with van der Waals surface area (Å²) >= 11 is 6.14. The number of nitrogens with zero attached hydrogens (tertiary/aromatic N) is 1. The molecule has 0 saturated carbocycles. The highest BCUT2D eigenvalue weighted by molar-refractivity contribution is 6.33. The fraction of sp³-hybridized carbons (Fsp3) is 0.632. The van der Waals surface area contributed by atoms with E-state index in [0.717, 1.165) is 12.8 Å². The van der Waals surface area contributed by atoms with E-state index in [-0.39, 0.29) is 11.9 Å². The van der Waals surface area contributed by atoms with Crippen molar-refractivity contribution in [2.45, 2.75) is 64.1 Å². The average Bonchev–Trinajstić information content (AvgIpc) is 2.47. The van der Waals surface area contributed by atoms with E-state index in [1.54, 1.807) is 12.1 Å². The van der Waals surface area contributed by atoms with Gasteiger partial charge < -0.3 is 5.32 Å². The Morgan fingerprint density at radius 3 is 2.52 bits per heavy atom. The highest BCUT2D eigenvalue weighted by Gasteiger charge is 2.38. The van der Waals surface area contributed by atoms with E-state index in [4.69, 9.17) is 11.6 Å². The van der Waals surface area contributed by atoms with Gasteiger partial charge in [0.15, 0.2) is 0 Å². The second kappa shape index (κ2) is 7.23. The van der Waals surface area contributed by atoms with Gasteiger partial charge in [-0.1, -0.05) is 44.0 Å². The van der Waals surface area contributed by atoms with Gasteiger partial charge in [0.25, 0.3) is 5.91 Å². The summed E-state index contributed by atoms with van der Waals surface area (Å²) in [5, 5.41) is 3.76. The summed E-state index contributed by atoms with van der Waals surface area (Å²) in [5.41, 5.74) is 0.587. The largest absolute Gasteiger partial charge is 0.349 e. The van der Waals surface area contributed by atoms with Gasteiger partial charge in [0.2, 0.25) is 0 Å². The molecule has 2 bridgehead atoms. The predicted molar refractivity (Wildman–Crippen MR) is 94.9 cm³/mol. The Kier molecular flexibility index (Phi) is 5.27. The Bertz CT molecular complexity index is 546. The fourth-order valence-electron chi connectivity index (χ4n) is 4.22. The number of benzene rings is 1. The Balaban J connectivity index is 1.65. The molecule has 1 aromatic rings. The number of rotatable bonds is 4. The van der Waals surface area contributed by atoms with Crippen molar-refractivity contribution in [3.8, 4) is 0 Å². The van der Waals surface area contributed by atoms with E-state index in [2.05, 4.69) is 24.1 Å². The summed E-state index contributed by atoms with van der Waals surface area (Å²) < 4.78 is 0. The zero-order valence-electron chi connectivity index (χ0n) is 14.1. The van der Waals surface area contributed by atoms with Crippen molar-refractivity contribution in [2.24, 2.45) is 5.92 Å². The third kappa shape index (κ3) is 3.89. The first-order valence-electron chi connectivity index (χ1n) is 8.85. The number of carbonyl (C=O) groups is 1. The van der Waals surface area contributed by atoms with Crippen molar-refractivity contribution in [3.63, 3.8) is 0 Å². The molecule has 0 aliphatic carbocycles. The van der Waals surface area contributed by atoms with E-state index < -0.39 is 0 Å². The van der Waals surface area contributed by atoms with E-state index >= 15 is 0 Å². The molecule has 2 aliphatic rings. The first kappa shape index (κ1) is 16.8. The quantitative estimate of drug-likeness (QED) is 0.898. The molecule has 3 nitrogen and oxygen atoms in total. The minimum Gasteiger partial charge on any atom is -0.349 e. The zero-order valence-corrected chi connectivity index (χ0v) is 14.9. The maximum Gasteiger partial charge on any atom is 0.253 e. The second-order valence-electron chi connectivity index (χ2n) is 7.45. The lowest BCUT2D eigenvalue weighted by molar-refractivity contribution is 0.0158. The summed E-state index contributed by atoms with van der Waals surface area (Å²) in [4.78, 5) is 15.2. The first-order chi connectivity index (χ1) is 11.0. The fourth-order valence-corrected chi connectivity index (χ4v) is 4.45. The number of piperidine rings is 2. The molecule has 0 radical (unpaired) electrons. The van der Waals surface area contributed by atoms with Crippen LogP contribution in [0, 0.1) is 5.92 Å². The summed E-state index contributed by atoms with van der Waals surface area (Å²) in [6.07, 6.45) is 6.00. The van der Waals surface area contributed by atoms with Gasteiger partial charge in [-0.3, -0.25) is 9.69 Å². The minimum atomic E-state index is -0.0315. The van der Waals surface area contributed by atoms with E-state index in [9.17, 15) is 4.79 Å². The van der Waals surface area contributed by atoms with Crippen LogP contribution in [0.2, 0.25) is 5.02 Å². The molecule has 1 N–H and O–H groups in total. The Hall–Kier alpha value is -1.06. The number of hydrogen-bond donors (Lipinski definition) is 1. The van der Waals surface area contributed by atoms with Crippen LogP contribution in [0.15, 0.2) is 24.3 Å². The number of carbonyl (C=O) groups excluding carboxylic acids is 1. The molecule has 1 aromatic carbocycles. The molecule has 0 aromatic heterocycles. The normalized spacial score (nSPS) is 27.9. The van der Waals surface area contributed by atoms with Crippen LogP contribution in [0.4, 0.5) is 0 Å². The SMILES string of the molecule is CC(C)CN1[C@@H]2CCC[C@H]1CC(NC(=O)c1ccccc1Cl)C2. The molecule has 23 heavy (non-hydrogen) atoms. The molecule has 2 fully saturated rings. The van der Waals surface area contributed by atoms with E-state index in [0.29, 0.717) is 28.6 Å². The van der Waals surface area contributed by atoms with Gasteiger partial charge in [0.05, 0.1) is 10.6 Å². The van der Waals surface area contributed by atoms with Crippen molar-refractivity contribution in [2.75, 3.05) is 6.54 Å². The van der Waals surface area contributed by atoms with Crippen molar-refractivity contribution in [3.05, 3.63) is 34.9 Å². The molecule has 126 valence electrons. The third-order valence-corrected chi connectivity index (χ3v) is 5.49. The molecule has 1 unspecified atom stereocenters. The molecule has 2 heterocycles. The molecule has 2 saturated heterocycles. The van der Waals surface area contributed by atoms with Crippen LogP contribution in [0.3, 0.4) is 0 Å². The molecular weight excluding hydrogens is 308 g/mol. The molecule has 3 rings (SSSR count). The molecule has 1 amide bonds. The minimum absolute atomic E-state index is 0.0315. The Morgan fingerprint density at radius 2 is 1.91 bits per heavy atom. The molecule has 4 heteroatoms. The summed E-state index contributed by atoms with van der Waals surface area (Å²) in [6.45, 7) is 5.77. The van der Waals surface area contributed by atoms with Crippen LogP contribution in [0.25, 0.3) is 0 Å². The standard InChI is InChI=1S/C19H27ClN2O/c1-13(2)12-22-15-6-5-7-16(22)11-14(10-15)21-19(23)17-8-3-4-9-18(17)20/h3-4,8-9,13-16H,5-7,10-12H2,1-2H3,(H,21,23)/t14?,15-,16+. The number of halogens is 1. The monoisotopic (exact) mass is 334 g/mol. The Labute approximate surface area is 144 Å². The summed E-state index contributed by atoms with van der Waals surface area (Å²) in [6, 6.07) is 8.82. The van der Waals surface area contributed by atoms with Gasteiger partial charge in [-0.2, -0.15) is 0 Å². The lowest BCUT2D eigenvalue weighted by Crippen LogP contribution is -2.57. The third-order valence-electron chi connectivity index (χ3n) is 5.16. The summed E-state index contributed by atoms with van der Waals surface area (Å²) in [7, 11) is 0. The van der Waals surface area contributed by atoms with Crippen LogP contribution < -0.4 is 5.32 Å². The van der Waals surface area contributed by atoms with Gasteiger partial charge in [-0.05, 0) is 43.7 Å².